The van der Waals surface area contributed by atoms with Crippen molar-refractivity contribution in [1.82, 2.24) is 15.1 Å². The van der Waals surface area contributed by atoms with Gasteiger partial charge in [0.15, 0.2) is 5.96 Å². The second-order valence-electron chi connectivity index (χ2n) is 6.65. The van der Waals surface area contributed by atoms with Gasteiger partial charge in [0.1, 0.15) is 0 Å². The normalized spacial score (nSPS) is 24.8. The number of hydrogen-bond acceptors (Lipinski definition) is 3. The van der Waals surface area contributed by atoms with E-state index in [0.717, 1.165) is 45.1 Å². The molecule has 0 saturated carbocycles. The largest absolute Gasteiger partial charge is 0.401 e. The molecule has 1 N–H and O–H groups in total. The first-order valence-corrected chi connectivity index (χ1v) is 8.12. The summed E-state index contributed by atoms with van der Waals surface area (Å²) in [6.45, 7) is 3.72. The molecule has 2 rings (SSSR count). The summed E-state index contributed by atoms with van der Waals surface area (Å²) in [5, 5.41) is 3.26. The van der Waals surface area contributed by atoms with Gasteiger partial charge < -0.3 is 15.0 Å². The van der Waals surface area contributed by atoms with Crippen molar-refractivity contribution in [3.05, 3.63) is 0 Å². The topological polar surface area (TPSA) is 40.1 Å². The van der Waals surface area contributed by atoms with E-state index in [0.29, 0.717) is 19.5 Å². The summed E-state index contributed by atoms with van der Waals surface area (Å²) in [6, 6.07) is 0. The van der Waals surface area contributed by atoms with E-state index >= 15 is 0 Å². The third-order valence-corrected chi connectivity index (χ3v) is 4.58. The molecule has 2 fully saturated rings. The van der Waals surface area contributed by atoms with Gasteiger partial charge in [-0.2, -0.15) is 13.2 Å². The summed E-state index contributed by atoms with van der Waals surface area (Å²) in [7, 11) is 3.24. The number of rotatable bonds is 5. The van der Waals surface area contributed by atoms with E-state index in [4.69, 9.17) is 4.74 Å². The lowest BCUT2D eigenvalue weighted by molar-refractivity contribution is -0.143. The molecular weight excluding hydrogens is 436 g/mol. The fraction of sp³-hybridized carbons (Fsp3) is 0.933. The van der Waals surface area contributed by atoms with Gasteiger partial charge in [0, 0.05) is 38.7 Å². The van der Waals surface area contributed by atoms with Gasteiger partial charge in [0.25, 0.3) is 0 Å². The Morgan fingerprint density at radius 3 is 2.71 bits per heavy atom. The number of halogens is 4. The fourth-order valence-corrected chi connectivity index (χ4v) is 3.35. The number of likely N-dealkylation sites (tertiary alicyclic amines) is 1. The second-order valence-corrected chi connectivity index (χ2v) is 6.65. The Balaban J connectivity index is 0.00000288. The lowest BCUT2D eigenvalue weighted by Crippen LogP contribution is -2.42. The first-order valence-electron chi connectivity index (χ1n) is 8.12. The van der Waals surface area contributed by atoms with Crippen LogP contribution in [0.15, 0.2) is 4.99 Å². The van der Waals surface area contributed by atoms with E-state index < -0.39 is 12.7 Å². The molecule has 2 heterocycles. The molecule has 0 amide bonds. The number of alkyl halides is 3. The third kappa shape index (κ3) is 6.55. The van der Waals surface area contributed by atoms with Gasteiger partial charge in [-0.25, -0.2) is 0 Å². The van der Waals surface area contributed by atoms with Crippen LogP contribution in [0.5, 0.6) is 0 Å². The first kappa shape index (κ1) is 21.8. The molecule has 5 nitrogen and oxygen atoms in total. The second kappa shape index (κ2) is 9.42. The molecule has 9 heteroatoms. The van der Waals surface area contributed by atoms with Gasteiger partial charge in [-0.1, -0.05) is 0 Å². The lowest BCUT2D eigenvalue weighted by Gasteiger charge is -2.25. The molecule has 0 bridgehead atoms. The number of aliphatic imine (C=N–C) groups is 1. The summed E-state index contributed by atoms with van der Waals surface area (Å²) in [5.74, 6) is 0.840. The average Bonchev–Trinajstić information content (AvgIpc) is 3.08. The molecule has 142 valence electrons. The van der Waals surface area contributed by atoms with Crippen LogP contribution in [0.2, 0.25) is 0 Å². The van der Waals surface area contributed by atoms with Crippen molar-refractivity contribution in [2.24, 2.45) is 10.4 Å². The van der Waals surface area contributed by atoms with Crippen LogP contribution in [0.25, 0.3) is 0 Å². The maximum atomic E-state index is 12.3. The van der Waals surface area contributed by atoms with Gasteiger partial charge in [0.05, 0.1) is 13.2 Å². The summed E-state index contributed by atoms with van der Waals surface area (Å²) in [5.41, 5.74) is 0.268. The van der Waals surface area contributed by atoms with E-state index in [-0.39, 0.29) is 29.4 Å². The number of nitrogens with zero attached hydrogens (tertiary/aromatic N) is 3. The zero-order valence-corrected chi connectivity index (χ0v) is 16.7. The predicted molar refractivity (Wildman–Crippen MR) is 99.0 cm³/mol. The molecule has 2 aliphatic rings. The molecule has 2 saturated heterocycles. The Morgan fingerprint density at radius 1 is 1.38 bits per heavy atom. The van der Waals surface area contributed by atoms with Crippen LogP contribution in [0.1, 0.15) is 19.3 Å². The van der Waals surface area contributed by atoms with Crippen LogP contribution >= 0.6 is 24.0 Å². The molecule has 0 aromatic heterocycles. The zero-order valence-electron chi connectivity index (χ0n) is 14.4. The monoisotopic (exact) mass is 464 g/mol. The number of nitrogens with one attached hydrogen (secondary N) is 1. The SMILES string of the molecule is CN=C(NCCCN(C)CC(F)(F)F)N1CCC2(CCOC2)C1.I. The van der Waals surface area contributed by atoms with E-state index in [9.17, 15) is 13.2 Å². The Hall–Kier alpha value is -0.290. The molecule has 1 atom stereocenters. The zero-order chi connectivity index (χ0) is 16.9. The van der Waals surface area contributed by atoms with Crippen LogP contribution < -0.4 is 5.32 Å². The van der Waals surface area contributed by atoms with Gasteiger partial charge in [-0.05, 0) is 32.9 Å². The van der Waals surface area contributed by atoms with Crippen molar-refractivity contribution in [2.75, 3.05) is 60.0 Å². The van der Waals surface area contributed by atoms with E-state index in [2.05, 4.69) is 15.2 Å². The van der Waals surface area contributed by atoms with Crippen molar-refractivity contribution in [3.8, 4) is 0 Å². The Kier molecular flexibility index (Phi) is 8.54. The minimum atomic E-state index is -4.13. The maximum Gasteiger partial charge on any atom is 0.401 e. The summed E-state index contributed by atoms with van der Waals surface area (Å²) < 4.78 is 42.3. The minimum absolute atomic E-state index is 0. The number of hydrogen-bond donors (Lipinski definition) is 1. The molecule has 1 unspecified atom stereocenters. The predicted octanol–water partition coefficient (Wildman–Crippen LogP) is 2.18. The molecule has 0 aromatic carbocycles. The Labute approximate surface area is 159 Å². The molecule has 0 aromatic rings. The maximum absolute atomic E-state index is 12.3. The van der Waals surface area contributed by atoms with Crippen LogP contribution in [0, 0.1) is 5.41 Å². The Morgan fingerprint density at radius 2 is 2.12 bits per heavy atom. The van der Waals surface area contributed by atoms with Gasteiger partial charge in [-0.15, -0.1) is 24.0 Å². The summed E-state index contributed by atoms with van der Waals surface area (Å²) in [4.78, 5) is 7.82. The quantitative estimate of drug-likeness (QED) is 0.293. The Bertz CT molecular complexity index is 414. The smallest absolute Gasteiger partial charge is 0.381 e. The van der Waals surface area contributed by atoms with Crippen LogP contribution in [-0.2, 0) is 4.74 Å². The molecule has 2 aliphatic heterocycles. The lowest BCUT2D eigenvalue weighted by atomic mass is 9.87. The van der Waals surface area contributed by atoms with Gasteiger partial charge in [0.2, 0.25) is 0 Å². The van der Waals surface area contributed by atoms with E-state index in [1.807, 2.05) is 0 Å². The third-order valence-electron chi connectivity index (χ3n) is 4.58. The summed E-state index contributed by atoms with van der Waals surface area (Å²) in [6.07, 6.45) is -1.27. The molecule has 1 spiro atoms. The standard InChI is InChI=1S/C15H27F3N4O.HI/c1-19-13(20-6-3-7-21(2)11-15(16,17)18)22-8-4-14(10-22)5-9-23-12-14;/h3-12H2,1-2H3,(H,19,20);1H. The fourth-order valence-electron chi connectivity index (χ4n) is 3.35. The van der Waals surface area contributed by atoms with E-state index in [1.54, 1.807) is 7.05 Å². The molecule has 0 aliphatic carbocycles. The number of ether oxygens (including phenoxy) is 1. The van der Waals surface area contributed by atoms with Crippen LogP contribution in [0.4, 0.5) is 13.2 Å². The first-order chi connectivity index (χ1) is 10.8. The highest BCUT2D eigenvalue weighted by Gasteiger charge is 2.42. The van der Waals surface area contributed by atoms with E-state index in [1.165, 1.54) is 11.9 Å². The summed E-state index contributed by atoms with van der Waals surface area (Å²) >= 11 is 0. The average molecular weight is 464 g/mol. The van der Waals surface area contributed by atoms with Gasteiger partial charge >= 0.3 is 6.18 Å². The molecule has 0 radical (unpaired) electrons. The highest BCUT2D eigenvalue weighted by molar-refractivity contribution is 14.0. The van der Waals surface area contributed by atoms with Crippen LogP contribution in [-0.4, -0.2) is 82.0 Å². The van der Waals surface area contributed by atoms with Crippen molar-refractivity contribution in [3.63, 3.8) is 0 Å². The molecule has 24 heavy (non-hydrogen) atoms. The van der Waals surface area contributed by atoms with Crippen LogP contribution in [0.3, 0.4) is 0 Å². The van der Waals surface area contributed by atoms with Crippen molar-refractivity contribution >= 4 is 29.9 Å². The van der Waals surface area contributed by atoms with Gasteiger partial charge in [-0.3, -0.25) is 9.89 Å². The molecular formula is C15H28F3IN4O. The van der Waals surface area contributed by atoms with Crippen molar-refractivity contribution in [1.29, 1.82) is 0 Å². The van der Waals surface area contributed by atoms with Crippen molar-refractivity contribution in [2.45, 2.75) is 25.4 Å². The highest BCUT2D eigenvalue weighted by atomic mass is 127. The van der Waals surface area contributed by atoms with Crippen molar-refractivity contribution < 1.29 is 17.9 Å². The highest BCUT2D eigenvalue weighted by Crippen LogP contribution is 2.38. The minimum Gasteiger partial charge on any atom is -0.381 e. The number of guanidine groups is 1.